The van der Waals surface area contributed by atoms with Crippen molar-refractivity contribution in [3.63, 3.8) is 0 Å². The van der Waals surface area contributed by atoms with Gasteiger partial charge in [-0.25, -0.2) is 4.98 Å². The van der Waals surface area contributed by atoms with Crippen LogP contribution in [0.1, 0.15) is 12.6 Å². The molecule has 0 spiro atoms. The van der Waals surface area contributed by atoms with Crippen LogP contribution < -0.4 is 15.4 Å². The highest BCUT2D eigenvalue weighted by Gasteiger charge is 2.09. The van der Waals surface area contributed by atoms with Crippen molar-refractivity contribution in [1.82, 2.24) is 9.97 Å². The van der Waals surface area contributed by atoms with Crippen LogP contribution in [0.4, 0.5) is 23.1 Å². The topological polar surface area (TPSA) is 59.1 Å². The lowest BCUT2D eigenvalue weighted by Gasteiger charge is -2.13. The molecule has 134 valence electrons. The average Bonchev–Trinajstić information content (AvgIpc) is 2.60. The number of anilines is 4. The third-order valence-electron chi connectivity index (χ3n) is 3.50. The molecule has 0 unspecified atom stereocenters. The SMILES string of the molecule is CCOc1ccccc1Nc1nc(C)cc(Nc2cccc(Cl)c2Cl)n1. The van der Waals surface area contributed by atoms with Gasteiger partial charge in [0.05, 0.1) is 28.0 Å². The Morgan fingerprint density at radius 1 is 0.962 bits per heavy atom. The summed E-state index contributed by atoms with van der Waals surface area (Å²) >= 11 is 12.3. The third kappa shape index (κ3) is 4.36. The van der Waals surface area contributed by atoms with Crippen LogP contribution in [0.15, 0.2) is 48.5 Å². The summed E-state index contributed by atoms with van der Waals surface area (Å²) in [4.78, 5) is 8.94. The zero-order valence-electron chi connectivity index (χ0n) is 14.4. The van der Waals surface area contributed by atoms with Gasteiger partial charge in [-0.2, -0.15) is 4.98 Å². The molecule has 5 nitrogen and oxygen atoms in total. The zero-order chi connectivity index (χ0) is 18.5. The van der Waals surface area contributed by atoms with Crippen molar-refractivity contribution >= 4 is 46.3 Å². The van der Waals surface area contributed by atoms with Gasteiger partial charge in [-0.3, -0.25) is 0 Å². The van der Waals surface area contributed by atoms with E-state index in [0.29, 0.717) is 34.1 Å². The Bertz CT molecular complexity index is 918. The van der Waals surface area contributed by atoms with E-state index in [0.717, 1.165) is 17.1 Å². The maximum atomic E-state index is 6.24. The molecule has 0 aliphatic carbocycles. The van der Waals surface area contributed by atoms with Gasteiger partial charge in [0.1, 0.15) is 11.6 Å². The molecule has 0 amide bonds. The predicted molar refractivity (Wildman–Crippen MR) is 107 cm³/mol. The third-order valence-corrected chi connectivity index (χ3v) is 4.32. The van der Waals surface area contributed by atoms with Gasteiger partial charge in [-0.05, 0) is 38.1 Å². The maximum absolute atomic E-state index is 6.24. The van der Waals surface area contributed by atoms with Crippen molar-refractivity contribution in [2.45, 2.75) is 13.8 Å². The van der Waals surface area contributed by atoms with Crippen LogP contribution in [-0.2, 0) is 0 Å². The number of hydrogen-bond donors (Lipinski definition) is 2. The molecule has 2 N–H and O–H groups in total. The van der Waals surface area contributed by atoms with E-state index in [9.17, 15) is 0 Å². The summed E-state index contributed by atoms with van der Waals surface area (Å²) < 4.78 is 5.63. The molecule has 0 saturated carbocycles. The van der Waals surface area contributed by atoms with Gasteiger partial charge in [0.25, 0.3) is 0 Å². The highest BCUT2D eigenvalue weighted by Crippen LogP contribution is 2.32. The number of aromatic nitrogens is 2. The molecule has 2 aromatic carbocycles. The van der Waals surface area contributed by atoms with E-state index in [1.165, 1.54) is 0 Å². The summed E-state index contributed by atoms with van der Waals surface area (Å²) in [5, 5.41) is 7.31. The van der Waals surface area contributed by atoms with E-state index < -0.39 is 0 Å². The van der Waals surface area contributed by atoms with Crippen molar-refractivity contribution < 1.29 is 4.74 Å². The Hall–Kier alpha value is -2.50. The van der Waals surface area contributed by atoms with Crippen molar-refractivity contribution in [2.24, 2.45) is 0 Å². The summed E-state index contributed by atoms with van der Waals surface area (Å²) in [5.41, 5.74) is 2.28. The first-order valence-corrected chi connectivity index (χ1v) is 8.88. The van der Waals surface area contributed by atoms with Crippen molar-refractivity contribution in [3.05, 3.63) is 64.3 Å². The van der Waals surface area contributed by atoms with Gasteiger partial charge >= 0.3 is 0 Å². The number of nitrogens with one attached hydrogen (secondary N) is 2. The van der Waals surface area contributed by atoms with E-state index in [1.54, 1.807) is 6.07 Å². The van der Waals surface area contributed by atoms with Crippen LogP contribution in [0, 0.1) is 6.92 Å². The molecule has 0 radical (unpaired) electrons. The number of hydrogen-bond acceptors (Lipinski definition) is 5. The first-order valence-electron chi connectivity index (χ1n) is 8.12. The average molecular weight is 389 g/mol. The number of benzene rings is 2. The van der Waals surface area contributed by atoms with E-state index in [2.05, 4.69) is 20.6 Å². The van der Waals surface area contributed by atoms with Gasteiger partial charge in [-0.1, -0.05) is 41.4 Å². The smallest absolute Gasteiger partial charge is 0.229 e. The fourth-order valence-corrected chi connectivity index (χ4v) is 2.75. The Kier molecular flexibility index (Phi) is 5.81. The lowest BCUT2D eigenvalue weighted by Crippen LogP contribution is -2.04. The molecule has 0 fully saturated rings. The fourth-order valence-electron chi connectivity index (χ4n) is 2.40. The van der Waals surface area contributed by atoms with Gasteiger partial charge in [0, 0.05) is 11.8 Å². The van der Waals surface area contributed by atoms with Crippen LogP contribution in [0.25, 0.3) is 0 Å². The summed E-state index contributed by atoms with van der Waals surface area (Å²) in [6.45, 7) is 4.41. The normalized spacial score (nSPS) is 10.5. The van der Waals surface area contributed by atoms with Crippen LogP contribution in [0.3, 0.4) is 0 Å². The summed E-state index contributed by atoms with van der Waals surface area (Å²) in [6, 6.07) is 14.9. The Morgan fingerprint density at radius 2 is 1.73 bits per heavy atom. The second kappa shape index (κ2) is 8.25. The number of para-hydroxylation sites is 2. The molecule has 0 aliphatic heterocycles. The molecule has 26 heavy (non-hydrogen) atoms. The van der Waals surface area contributed by atoms with E-state index >= 15 is 0 Å². The van der Waals surface area contributed by atoms with E-state index in [1.807, 2.05) is 56.3 Å². The van der Waals surface area contributed by atoms with Crippen molar-refractivity contribution in [2.75, 3.05) is 17.2 Å². The van der Waals surface area contributed by atoms with Crippen molar-refractivity contribution in [1.29, 1.82) is 0 Å². The van der Waals surface area contributed by atoms with Gasteiger partial charge in [0.15, 0.2) is 0 Å². The maximum Gasteiger partial charge on any atom is 0.229 e. The molecular weight excluding hydrogens is 371 g/mol. The van der Waals surface area contributed by atoms with Crippen LogP contribution in [-0.4, -0.2) is 16.6 Å². The molecule has 3 rings (SSSR count). The number of ether oxygens (including phenoxy) is 1. The summed E-state index contributed by atoms with van der Waals surface area (Å²) in [6.07, 6.45) is 0. The standard InChI is InChI=1S/C19H18Cl2N4O/c1-3-26-16-10-5-4-8-14(16)24-19-22-12(2)11-17(25-19)23-15-9-6-7-13(20)18(15)21/h4-11H,3H2,1-2H3,(H2,22,23,24,25). The zero-order valence-corrected chi connectivity index (χ0v) is 15.9. The second-order valence-electron chi connectivity index (χ2n) is 5.50. The molecule has 0 saturated heterocycles. The minimum absolute atomic E-state index is 0.446. The fraction of sp³-hybridized carbons (Fsp3) is 0.158. The molecule has 0 aliphatic rings. The van der Waals surface area contributed by atoms with E-state index in [4.69, 9.17) is 27.9 Å². The quantitative estimate of drug-likeness (QED) is 0.543. The Balaban J connectivity index is 1.88. The molecular formula is C19H18Cl2N4O. The molecule has 1 heterocycles. The van der Waals surface area contributed by atoms with Crippen molar-refractivity contribution in [3.8, 4) is 5.75 Å². The minimum atomic E-state index is 0.446. The number of nitrogens with zero attached hydrogens (tertiary/aromatic N) is 2. The second-order valence-corrected chi connectivity index (χ2v) is 6.28. The number of aryl methyl sites for hydroxylation is 1. The summed E-state index contributed by atoms with van der Waals surface area (Å²) in [7, 11) is 0. The van der Waals surface area contributed by atoms with Crippen LogP contribution in [0.5, 0.6) is 5.75 Å². The molecule has 7 heteroatoms. The first kappa shape index (κ1) is 18.3. The Morgan fingerprint density at radius 3 is 2.54 bits per heavy atom. The minimum Gasteiger partial charge on any atom is -0.492 e. The predicted octanol–water partition coefficient (Wildman–Crippen LogP) is 5.98. The lowest BCUT2D eigenvalue weighted by molar-refractivity contribution is 0.342. The highest BCUT2D eigenvalue weighted by molar-refractivity contribution is 6.43. The first-order chi connectivity index (χ1) is 12.6. The van der Waals surface area contributed by atoms with Gasteiger partial charge in [0.2, 0.25) is 5.95 Å². The monoisotopic (exact) mass is 388 g/mol. The molecule has 0 bridgehead atoms. The number of halogens is 2. The molecule has 0 atom stereocenters. The lowest BCUT2D eigenvalue weighted by atomic mass is 10.3. The summed E-state index contributed by atoms with van der Waals surface area (Å²) in [5.74, 6) is 1.81. The molecule has 1 aromatic heterocycles. The van der Waals surface area contributed by atoms with Crippen LogP contribution >= 0.6 is 23.2 Å². The van der Waals surface area contributed by atoms with Gasteiger partial charge in [-0.15, -0.1) is 0 Å². The highest BCUT2D eigenvalue weighted by atomic mass is 35.5. The van der Waals surface area contributed by atoms with Crippen LogP contribution in [0.2, 0.25) is 10.0 Å². The van der Waals surface area contributed by atoms with E-state index in [-0.39, 0.29) is 0 Å². The largest absolute Gasteiger partial charge is 0.492 e. The van der Waals surface area contributed by atoms with Gasteiger partial charge < -0.3 is 15.4 Å². The number of rotatable bonds is 6. The Labute approximate surface area is 162 Å². The molecule has 3 aromatic rings.